The number of non-ortho nitro benzene ring substituents is 1. The number of thiophene rings is 1. The maximum absolute atomic E-state index is 10.9. The first kappa shape index (κ1) is 22.8. The number of nitro benzene ring substituents is 1. The van der Waals surface area contributed by atoms with Gasteiger partial charge in [0.2, 0.25) is 0 Å². The highest BCUT2D eigenvalue weighted by molar-refractivity contribution is 7.99. The van der Waals surface area contributed by atoms with E-state index in [2.05, 4.69) is 15.2 Å². The van der Waals surface area contributed by atoms with Gasteiger partial charge in [-0.25, -0.2) is 0 Å². The first-order chi connectivity index (χ1) is 16.5. The van der Waals surface area contributed by atoms with Crippen LogP contribution in [0.5, 0.6) is 0 Å². The molecule has 1 aliphatic heterocycles. The highest BCUT2D eigenvalue weighted by atomic mass is 35.5. The van der Waals surface area contributed by atoms with E-state index in [1.807, 2.05) is 54.6 Å². The molecule has 2 atom stereocenters. The third-order valence-electron chi connectivity index (χ3n) is 5.38. The Morgan fingerprint density at radius 2 is 1.74 bits per heavy atom. The highest BCUT2D eigenvalue weighted by Crippen LogP contribution is 2.44. The Labute approximate surface area is 214 Å². The topological polar surface area (TPSA) is 71.3 Å². The Morgan fingerprint density at radius 1 is 1.03 bits per heavy atom. The smallest absolute Gasteiger partial charge is 0.269 e. The monoisotopic (exact) mass is 524 g/mol. The van der Waals surface area contributed by atoms with Crippen LogP contribution in [0.3, 0.4) is 0 Å². The van der Waals surface area contributed by atoms with Crippen LogP contribution in [0.15, 0.2) is 94.9 Å². The lowest BCUT2D eigenvalue weighted by Crippen LogP contribution is -2.29. The number of anilines is 1. The third-order valence-corrected chi connectivity index (χ3v) is 8.01. The first-order valence-electron chi connectivity index (χ1n) is 10.3. The van der Waals surface area contributed by atoms with Crippen LogP contribution in [0.25, 0.3) is 0 Å². The van der Waals surface area contributed by atoms with Gasteiger partial charge in [-0.2, -0.15) is 0 Å². The minimum absolute atomic E-state index is 0.0805. The summed E-state index contributed by atoms with van der Waals surface area (Å²) < 4.78 is 0.724. The lowest BCUT2D eigenvalue weighted by atomic mass is 10.0. The van der Waals surface area contributed by atoms with Crippen LogP contribution in [0.4, 0.5) is 11.4 Å². The number of nitrogens with zero attached hydrogens (tertiary/aromatic N) is 3. The molecular formula is C24H17ClN4O2S3. The van der Waals surface area contributed by atoms with Crippen molar-refractivity contribution in [2.75, 3.05) is 4.90 Å². The van der Waals surface area contributed by atoms with Crippen molar-refractivity contribution in [3.63, 3.8) is 0 Å². The van der Waals surface area contributed by atoms with Crippen molar-refractivity contribution in [3.05, 3.63) is 110 Å². The van der Waals surface area contributed by atoms with Gasteiger partial charge in [0.25, 0.3) is 5.69 Å². The molecular weight excluding hydrogens is 508 g/mol. The Kier molecular flexibility index (Phi) is 6.51. The molecule has 0 saturated carbocycles. The normalized spacial score (nSPS) is 17.6. The Bertz CT molecular complexity index is 1330. The zero-order valence-electron chi connectivity index (χ0n) is 17.5. The van der Waals surface area contributed by atoms with Gasteiger partial charge in [0.05, 0.1) is 27.0 Å². The number of pyridine rings is 1. The number of halogens is 1. The molecule has 0 radical (unpaired) electrons. The van der Waals surface area contributed by atoms with E-state index in [0.717, 1.165) is 30.4 Å². The van der Waals surface area contributed by atoms with E-state index < -0.39 is 4.92 Å². The van der Waals surface area contributed by atoms with Crippen LogP contribution in [-0.4, -0.2) is 15.0 Å². The van der Waals surface area contributed by atoms with Crippen molar-refractivity contribution in [1.82, 2.24) is 10.3 Å². The van der Waals surface area contributed by atoms with Gasteiger partial charge < -0.3 is 10.2 Å². The molecule has 0 spiro atoms. The first-order valence-corrected chi connectivity index (χ1v) is 12.7. The zero-order valence-corrected chi connectivity index (χ0v) is 20.7. The molecule has 1 saturated heterocycles. The fraction of sp³-hybridized carbons (Fsp3) is 0.0833. The number of hydrogen-bond donors (Lipinski definition) is 1. The summed E-state index contributed by atoms with van der Waals surface area (Å²) in [6, 6.07) is 24.2. The average molecular weight is 525 g/mol. The van der Waals surface area contributed by atoms with Gasteiger partial charge in [0.1, 0.15) is 0 Å². The second kappa shape index (κ2) is 9.71. The molecule has 0 unspecified atom stereocenters. The van der Waals surface area contributed by atoms with Crippen molar-refractivity contribution >= 4 is 63.4 Å². The predicted octanol–water partition coefficient (Wildman–Crippen LogP) is 7.03. The molecule has 10 heteroatoms. The van der Waals surface area contributed by atoms with Gasteiger partial charge in [-0.05, 0) is 72.9 Å². The Morgan fingerprint density at radius 3 is 2.32 bits per heavy atom. The number of nitro groups is 1. The van der Waals surface area contributed by atoms with Crippen LogP contribution in [0.2, 0.25) is 4.34 Å². The van der Waals surface area contributed by atoms with Crippen LogP contribution in [-0.2, 0) is 0 Å². The van der Waals surface area contributed by atoms with Crippen LogP contribution >= 0.6 is 46.9 Å². The van der Waals surface area contributed by atoms with Gasteiger partial charge in [-0.1, -0.05) is 29.4 Å². The van der Waals surface area contributed by atoms with Gasteiger partial charge in [0, 0.05) is 38.7 Å². The van der Waals surface area contributed by atoms with E-state index in [0.29, 0.717) is 5.11 Å². The van der Waals surface area contributed by atoms with E-state index in [9.17, 15) is 10.1 Å². The van der Waals surface area contributed by atoms with E-state index >= 15 is 0 Å². The standard InChI is InChI=1S/C24H17ClN4O2S3/c25-21-13-12-20(34-21)23-22(19-3-1-2-14-26-19)27-24(32)28(23)15-4-8-17(9-5-15)33-18-10-6-16(7-11-18)29(30)31/h1-14,22-23H,(H,27,32)/t22-,23+/m1/s1. The molecule has 0 amide bonds. The summed E-state index contributed by atoms with van der Waals surface area (Å²) in [5.74, 6) is 0. The highest BCUT2D eigenvalue weighted by Gasteiger charge is 2.41. The number of aromatic nitrogens is 1. The van der Waals surface area contributed by atoms with Crippen LogP contribution < -0.4 is 10.2 Å². The molecule has 3 heterocycles. The molecule has 1 N–H and O–H groups in total. The molecule has 6 nitrogen and oxygen atoms in total. The summed E-state index contributed by atoms with van der Waals surface area (Å²) in [6.45, 7) is 0. The summed E-state index contributed by atoms with van der Waals surface area (Å²) in [7, 11) is 0. The van der Waals surface area contributed by atoms with Crippen LogP contribution in [0, 0.1) is 10.1 Å². The molecule has 2 aromatic carbocycles. The van der Waals surface area contributed by atoms with Crippen molar-refractivity contribution in [1.29, 1.82) is 0 Å². The summed E-state index contributed by atoms with van der Waals surface area (Å²) in [5, 5.41) is 14.9. The van der Waals surface area contributed by atoms with Gasteiger partial charge in [-0.3, -0.25) is 15.1 Å². The molecule has 1 aliphatic rings. The molecule has 4 aromatic rings. The number of nitrogens with one attached hydrogen (secondary N) is 1. The van der Waals surface area contributed by atoms with Crippen LogP contribution in [0.1, 0.15) is 22.7 Å². The summed E-state index contributed by atoms with van der Waals surface area (Å²) >= 11 is 15.1. The maximum atomic E-state index is 10.9. The van der Waals surface area contributed by atoms with E-state index in [-0.39, 0.29) is 17.8 Å². The van der Waals surface area contributed by atoms with E-state index in [1.54, 1.807) is 30.1 Å². The molecule has 1 fully saturated rings. The van der Waals surface area contributed by atoms with Crippen molar-refractivity contribution < 1.29 is 4.92 Å². The lowest BCUT2D eigenvalue weighted by Gasteiger charge is -2.27. The maximum Gasteiger partial charge on any atom is 0.269 e. The molecule has 170 valence electrons. The van der Waals surface area contributed by atoms with Gasteiger partial charge in [-0.15, -0.1) is 11.3 Å². The number of hydrogen-bond acceptors (Lipinski definition) is 6. The predicted molar refractivity (Wildman–Crippen MR) is 141 cm³/mol. The molecule has 0 aliphatic carbocycles. The van der Waals surface area contributed by atoms with E-state index in [4.69, 9.17) is 23.8 Å². The molecule has 2 aromatic heterocycles. The zero-order chi connectivity index (χ0) is 23.7. The lowest BCUT2D eigenvalue weighted by molar-refractivity contribution is -0.384. The molecule has 34 heavy (non-hydrogen) atoms. The van der Waals surface area contributed by atoms with Gasteiger partial charge in [0.15, 0.2) is 5.11 Å². The van der Waals surface area contributed by atoms with Crippen molar-refractivity contribution in [2.45, 2.75) is 21.9 Å². The van der Waals surface area contributed by atoms with E-state index in [1.165, 1.54) is 23.5 Å². The third kappa shape index (κ3) is 4.65. The van der Waals surface area contributed by atoms with Crippen molar-refractivity contribution in [3.8, 4) is 0 Å². The molecule has 5 rings (SSSR count). The summed E-state index contributed by atoms with van der Waals surface area (Å²) in [6.07, 6.45) is 1.78. The van der Waals surface area contributed by atoms with Gasteiger partial charge >= 0.3 is 0 Å². The second-order valence-corrected chi connectivity index (χ2v) is 10.8. The number of rotatable bonds is 6. The summed E-state index contributed by atoms with van der Waals surface area (Å²) in [5.41, 5.74) is 1.95. The Balaban J connectivity index is 1.43. The summed E-state index contributed by atoms with van der Waals surface area (Å²) in [4.78, 5) is 20.2. The SMILES string of the molecule is O=[N+]([O-])c1ccc(Sc2ccc(N3C(=S)N[C@H](c4ccccn4)[C@@H]3c3ccc(Cl)s3)cc2)cc1. The minimum Gasteiger partial charge on any atom is -0.351 e. The largest absolute Gasteiger partial charge is 0.351 e. The quantitative estimate of drug-likeness (QED) is 0.165. The molecule has 0 bridgehead atoms. The fourth-order valence-corrected chi connectivity index (χ4v) is 6.21. The fourth-order valence-electron chi connectivity index (χ4n) is 3.86. The second-order valence-electron chi connectivity index (χ2n) is 7.49. The van der Waals surface area contributed by atoms with Crippen molar-refractivity contribution in [2.24, 2.45) is 0 Å². The minimum atomic E-state index is -0.397. The number of thiocarbonyl (C=S) groups is 1. The average Bonchev–Trinajstić information content (AvgIpc) is 3.43. The number of benzene rings is 2. The Hall–Kier alpha value is -2.98.